The van der Waals surface area contributed by atoms with Crippen LogP contribution in [0.4, 0.5) is 0 Å². The van der Waals surface area contributed by atoms with Gasteiger partial charge in [0.25, 0.3) is 0 Å². The van der Waals surface area contributed by atoms with Gasteiger partial charge in [0.2, 0.25) is 5.91 Å². The fourth-order valence-corrected chi connectivity index (χ4v) is 3.24. The van der Waals surface area contributed by atoms with Crippen LogP contribution >= 0.6 is 0 Å². The lowest BCUT2D eigenvalue weighted by Crippen LogP contribution is -2.55. The van der Waals surface area contributed by atoms with E-state index in [2.05, 4.69) is 24.1 Å². The molecule has 2 unspecified atom stereocenters. The molecule has 2 rings (SSSR count). The topological polar surface area (TPSA) is 32.3 Å². The zero-order chi connectivity index (χ0) is 11.7. The van der Waals surface area contributed by atoms with Crippen molar-refractivity contribution in [3.8, 4) is 0 Å². The Kier molecular flexibility index (Phi) is 3.53. The molecule has 1 saturated heterocycles. The van der Waals surface area contributed by atoms with Crippen LogP contribution in [0.25, 0.3) is 0 Å². The summed E-state index contributed by atoms with van der Waals surface area (Å²) < 4.78 is 0. The largest absolute Gasteiger partial charge is 0.352 e. The average molecular weight is 224 g/mol. The fourth-order valence-electron chi connectivity index (χ4n) is 3.24. The quantitative estimate of drug-likeness (QED) is 0.773. The monoisotopic (exact) mass is 224 g/mol. The van der Waals surface area contributed by atoms with E-state index in [1.54, 1.807) is 6.92 Å². The average Bonchev–Trinajstić information content (AvgIpc) is 2.10. The van der Waals surface area contributed by atoms with Gasteiger partial charge in [-0.05, 0) is 31.1 Å². The highest BCUT2D eigenvalue weighted by molar-refractivity contribution is 5.73. The maximum atomic E-state index is 11.1. The molecule has 1 aliphatic heterocycles. The van der Waals surface area contributed by atoms with Crippen LogP contribution < -0.4 is 5.32 Å². The molecule has 1 N–H and O–H groups in total. The van der Waals surface area contributed by atoms with Crippen LogP contribution in [0.1, 0.15) is 40.0 Å². The molecular formula is C13H24N2O. The second-order valence-corrected chi connectivity index (χ2v) is 5.92. The standard InChI is InChI=1S/C13H24N2O/c1-9-5-13(6-9)15-7-10(2)4-12(8-15)14-11(3)16/h9-10,12-13H,4-8H2,1-3H3,(H,14,16). The molecule has 2 fully saturated rings. The summed E-state index contributed by atoms with van der Waals surface area (Å²) in [6.45, 7) is 8.52. The maximum absolute atomic E-state index is 11.1. The first kappa shape index (κ1) is 11.9. The number of rotatable bonds is 2. The van der Waals surface area contributed by atoms with Crippen molar-refractivity contribution in [2.45, 2.75) is 52.1 Å². The van der Waals surface area contributed by atoms with Crippen LogP contribution in [0.2, 0.25) is 0 Å². The second kappa shape index (κ2) is 4.74. The highest BCUT2D eigenvalue weighted by Crippen LogP contribution is 2.33. The molecule has 2 aliphatic rings. The smallest absolute Gasteiger partial charge is 0.217 e. The van der Waals surface area contributed by atoms with Gasteiger partial charge in [0, 0.05) is 32.1 Å². The summed E-state index contributed by atoms with van der Waals surface area (Å²) in [5, 5.41) is 3.08. The van der Waals surface area contributed by atoms with E-state index in [0.29, 0.717) is 12.0 Å². The first-order valence-corrected chi connectivity index (χ1v) is 6.55. The Balaban J connectivity index is 1.87. The molecule has 0 aromatic heterocycles. The van der Waals surface area contributed by atoms with Gasteiger partial charge in [-0.3, -0.25) is 9.69 Å². The Morgan fingerprint density at radius 3 is 2.38 bits per heavy atom. The number of piperidine rings is 1. The van der Waals surface area contributed by atoms with Gasteiger partial charge in [-0.15, -0.1) is 0 Å². The van der Waals surface area contributed by atoms with Crippen molar-refractivity contribution in [2.24, 2.45) is 11.8 Å². The van der Waals surface area contributed by atoms with Gasteiger partial charge < -0.3 is 5.32 Å². The van der Waals surface area contributed by atoms with E-state index in [1.165, 1.54) is 19.4 Å². The SMILES string of the molecule is CC(=O)NC1CC(C)CN(C2CC(C)C2)C1. The van der Waals surface area contributed by atoms with Gasteiger partial charge in [-0.1, -0.05) is 13.8 Å². The van der Waals surface area contributed by atoms with Crippen LogP contribution in [-0.2, 0) is 4.79 Å². The van der Waals surface area contributed by atoms with Gasteiger partial charge in [0.15, 0.2) is 0 Å². The van der Waals surface area contributed by atoms with Gasteiger partial charge in [-0.25, -0.2) is 0 Å². The van der Waals surface area contributed by atoms with Crippen molar-refractivity contribution < 1.29 is 4.79 Å². The Morgan fingerprint density at radius 2 is 1.81 bits per heavy atom. The van der Waals surface area contributed by atoms with Crippen LogP contribution in [0.15, 0.2) is 0 Å². The summed E-state index contributed by atoms with van der Waals surface area (Å²) in [6.07, 6.45) is 3.83. The van der Waals surface area contributed by atoms with E-state index < -0.39 is 0 Å². The van der Waals surface area contributed by atoms with Crippen molar-refractivity contribution in [1.29, 1.82) is 0 Å². The molecule has 16 heavy (non-hydrogen) atoms. The van der Waals surface area contributed by atoms with E-state index in [4.69, 9.17) is 0 Å². The number of carbonyl (C=O) groups is 1. The molecule has 1 saturated carbocycles. The van der Waals surface area contributed by atoms with E-state index in [-0.39, 0.29) is 5.91 Å². The summed E-state index contributed by atoms with van der Waals surface area (Å²) in [7, 11) is 0. The van der Waals surface area contributed by atoms with Crippen LogP contribution in [0, 0.1) is 11.8 Å². The maximum Gasteiger partial charge on any atom is 0.217 e. The molecule has 3 nitrogen and oxygen atoms in total. The molecule has 1 amide bonds. The highest BCUT2D eigenvalue weighted by Gasteiger charge is 2.35. The fraction of sp³-hybridized carbons (Fsp3) is 0.923. The first-order valence-electron chi connectivity index (χ1n) is 6.55. The zero-order valence-corrected chi connectivity index (χ0v) is 10.7. The number of nitrogens with zero attached hydrogens (tertiary/aromatic N) is 1. The third-order valence-corrected chi connectivity index (χ3v) is 3.96. The zero-order valence-electron chi connectivity index (χ0n) is 10.7. The predicted octanol–water partition coefficient (Wildman–Crippen LogP) is 1.63. The number of carbonyl (C=O) groups excluding carboxylic acids is 1. The minimum atomic E-state index is 0.112. The molecule has 3 heteroatoms. The Bertz CT molecular complexity index is 261. The van der Waals surface area contributed by atoms with Crippen molar-refractivity contribution in [1.82, 2.24) is 10.2 Å². The normalized spacial score (nSPS) is 40.2. The van der Waals surface area contributed by atoms with Gasteiger partial charge in [-0.2, -0.15) is 0 Å². The van der Waals surface area contributed by atoms with E-state index in [1.807, 2.05) is 0 Å². The lowest BCUT2D eigenvalue weighted by Gasteiger charge is -2.47. The number of amides is 1. The van der Waals surface area contributed by atoms with Gasteiger partial charge >= 0.3 is 0 Å². The molecule has 0 spiro atoms. The molecular weight excluding hydrogens is 200 g/mol. The Labute approximate surface area is 98.6 Å². The lowest BCUT2D eigenvalue weighted by molar-refractivity contribution is -0.120. The van der Waals surface area contributed by atoms with Crippen molar-refractivity contribution in [3.05, 3.63) is 0 Å². The molecule has 0 aromatic carbocycles. The third kappa shape index (κ3) is 2.76. The van der Waals surface area contributed by atoms with Crippen LogP contribution in [0.5, 0.6) is 0 Å². The number of nitrogens with one attached hydrogen (secondary N) is 1. The molecule has 1 aliphatic carbocycles. The minimum Gasteiger partial charge on any atom is -0.352 e. The summed E-state index contributed by atoms with van der Waals surface area (Å²) >= 11 is 0. The Hall–Kier alpha value is -0.570. The molecule has 1 heterocycles. The summed E-state index contributed by atoms with van der Waals surface area (Å²) in [6, 6.07) is 1.16. The number of likely N-dealkylation sites (tertiary alicyclic amines) is 1. The summed E-state index contributed by atoms with van der Waals surface area (Å²) in [5.74, 6) is 1.73. The van der Waals surface area contributed by atoms with E-state index >= 15 is 0 Å². The van der Waals surface area contributed by atoms with Crippen molar-refractivity contribution >= 4 is 5.91 Å². The summed E-state index contributed by atoms with van der Waals surface area (Å²) in [5.41, 5.74) is 0. The first-order chi connectivity index (χ1) is 7.54. The molecule has 0 bridgehead atoms. The highest BCUT2D eigenvalue weighted by atomic mass is 16.1. The van der Waals surface area contributed by atoms with Crippen molar-refractivity contribution in [3.63, 3.8) is 0 Å². The Morgan fingerprint density at radius 1 is 1.12 bits per heavy atom. The second-order valence-electron chi connectivity index (χ2n) is 5.92. The molecule has 0 aromatic rings. The van der Waals surface area contributed by atoms with E-state index in [9.17, 15) is 4.79 Å². The molecule has 0 radical (unpaired) electrons. The van der Waals surface area contributed by atoms with E-state index in [0.717, 1.165) is 24.9 Å². The molecule has 92 valence electrons. The minimum absolute atomic E-state index is 0.112. The van der Waals surface area contributed by atoms with Gasteiger partial charge in [0.1, 0.15) is 0 Å². The molecule has 2 atom stereocenters. The number of hydrogen-bond acceptors (Lipinski definition) is 2. The summed E-state index contributed by atoms with van der Waals surface area (Å²) in [4.78, 5) is 13.7. The number of hydrogen-bond donors (Lipinski definition) is 1. The predicted molar refractivity (Wildman–Crippen MR) is 65.1 cm³/mol. The van der Waals surface area contributed by atoms with Crippen LogP contribution in [-0.4, -0.2) is 36.0 Å². The lowest BCUT2D eigenvalue weighted by atomic mass is 9.79. The third-order valence-electron chi connectivity index (χ3n) is 3.96. The van der Waals surface area contributed by atoms with Gasteiger partial charge in [0.05, 0.1) is 0 Å². The van der Waals surface area contributed by atoms with Crippen LogP contribution in [0.3, 0.4) is 0 Å². The van der Waals surface area contributed by atoms with Crippen molar-refractivity contribution in [2.75, 3.05) is 13.1 Å².